The topological polar surface area (TPSA) is 49.9 Å². The summed E-state index contributed by atoms with van der Waals surface area (Å²) in [5.74, 6) is 1.67. The van der Waals surface area contributed by atoms with E-state index in [1.54, 1.807) is 6.92 Å². The van der Waals surface area contributed by atoms with E-state index < -0.39 is 10.0 Å². The SMILES string of the molecule is CCCCCCOc1ccc2c(c1)CCN1C[C@H]3CCCN(S(=O)(=O)CC)[C@H]3C[C@@H]21. The van der Waals surface area contributed by atoms with Crippen LogP contribution in [0.1, 0.15) is 76.0 Å². The van der Waals surface area contributed by atoms with E-state index in [-0.39, 0.29) is 11.8 Å². The molecule has 2 saturated heterocycles. The number of rotatable bonds is 8. The van der Waals surface area contributed by atoms with Crippen LogP contribution < -0.4 is 4.74 Å². The van der Waals surface area contributed by atoms with E-state index in [0.717, 1.165) is 57.6 Å². The van der Waals surface area contributed by atoms with Gasteiger partial charge in [-0.3, -0.25) is 4.90 Å². The number of nitrogens with zero attached hydrogens (tertiary/aromatic N) is 2. The monoisotopic (exact) mass is 434 g/mol. The molecule has 2 fully saturated rings. The molecule has 0 aliphatic carbocycles. The summed E-state index contributed by atoms with van der Waals surface area (Å²) in [6.45, 7) is 7.59. The lowest BCUT2D eigenvalue weighted by molar-refractivity contribution is 0.0220. The summed E-state index contributed by atoms with van der Waals surface area (Å²) in [7, 11) is -3.14. The highest BCUT2D eigenvalue weighted by atomic mass is 32.2. The Morgan fingerprint density at radius 1 is 1.13 bits per heavy atom. The molecule has 0 aromatic heterocycles. The van der Waals surface area contributed by atoms with Gasteiger partial charge in [0.05, 0.1) is 12.4 Å². The number of hydrogen-bond donors (Lipinski definition) is 0. The average Bonchev–Trinajstić information content (AvgIpc) is 2.77. The predicted octanol–water partition coefficient (Wildman–Crippen LogP) is 4.38. The summed E-state index contributed by atoms with van der Waals surface area (Å²) < 4.78 is 33.3. The lowest BCUT2D eigenvalue weighted by Crippen LogP contribution is -2.57. The second-order valence-electron chi connectivity index (χ2n) is 9.25. The molecule has 1 aromatic carbocycles. The second kappa shape index (κ2) is 9.58. The molecule has 0 amide bonds. The van der Waals surface area contributed by atoms with Gasteiger partial charge in [-0.1, -0.05) is 32.3 Å². The van der Waals surface area contributed by atoms with Crippen LogP contribution in [-0.2, 0) is 16.4 Å². The Kier molecular flexibility index (Phi) is 7.05. The number of unbranched alkanes of at least 4 members (excludes halogenated alkanes) is 3. The van der Waals surface area contributed by atoms with E-state index in [2.05, 4.69) is 30.0 Å². The molecule has 3 atom stereocenters. The zero-order chi connectivity index (χ0) is 21.1. The number of ether oxygens (including phenoxy) is 1. The van der Waals surface area contributed by atoms with Gasteiger partial charge >= 0.3 is 0 Å². The largest absolute Gasteiger partial charge is 0.494 e. The third-order valence-electron chi connectivity index (χ3n) is 7.37. The Morgan fingerprint density at radius 2 is 2.00 bits per heavy atom. The molecule has 0 bridgehead atoms. The zero-order valence-electron chi connectivity index (χ0n) is 18.7. The van der Waals surface area contributed by atoms with Crippen LogP contribution in [-0.4, -0.2) is 55.7 Å². The van der Waals surface area contributed by atoms with Crippen LogP contribution in [0.4, 0.5) is 0 Å². The molecule has 6 heteroatoms. The first-order valence-corrected chi connectivity index (χ1v) is 13.6. The highest BCUT2D eigenvalue weighted by molar-refractivity contribution is 7.89. The van der Waals surface area contributed by atoms with Gasteiger partial charge in [-0.15, -0.1) is 0 Å². The van der Waals surface area contributed by atoms with Gasteiger partial charge < -0.3 is 4.74 Å². The minimum Gasteiger partial charge on any atom is -0.494 e. The molecule has 4 rings (SSSR count). The van der Waals surface area contributed by atoms with Crippen molar-refractivity contribution < 1.29 is 13.2 Å². The molecule has 0 spiro atoms. The molecule has 3 aliphatic heterocycles. The first kappa shape index (κ1) is 22.1. The van der Waals surface area contributed by atoms with Gasteiger partial charge in [-0.2, -0.15) is 4.31 Å². The maximum atomic E-state index is 12.7. The van der Waals surface area contributed by atoms with E-state index in [1.165, 1.54) is 30.4 Å². The number of benzene rings is 1. The summed E-state index contributed by atoms with van der Waals surface area (Å²) in [6.07, 6.45) is 9.01. The van der Waals surface area contributed by atoms with Crippen LogP contribution in [0.5, 0.6) is 5.75 Å². The van der Waals surface area contributed by atoms with Gasteiger partial charge in [0.25, 0.3) is 0 Å². The Labute approximate surface area is 182 Å². The van der Waals surface area contributed by atoms with Crippen molar-refractivity contribution in [3.8, 4) is 5.75 Å². The second-order valence-corrected chi connectivity index (χ2v) is 11.5. The summed E-state index contributed by atoms with van der Waals surface area (Å²) in [5.41, 5.74) is 2.78. The smallest absolute Gasteiger partial charge is 0.214 e. The van der Waals surface area contributed by atoms with E-state index >= 15 is 0 Å². The highest BCUT2D eigenvalue weighted by Crippen LogP contribution is 2.44. The van der Waals surface area contributed by atoms with Crippen molar-refractivity contribution in [3.63, 3.8) is 0 Å². The molecule has 30 heavy (non-hydrogen) atoms. The number of piperidine rings is 2. The first-order chi connectivity index (χ1) is 14.5. The van der Waals surface area contributed by atoms with Gasteiger partial charge in [0.1, 0.15) is 5.75 Å². The Hall–Kier alpha value is -1.11. The predicted molar refractivity (Wildman–Crippen MR) is 121 cm³/mol. The first-order valence-electron chi connectivity index (χ1n) is 12.0. The fraction of sp³-hybridized carbons (Fsp3) is 0.750. The molecule has 0 radical (unpaired) electrons. The highest BCUT2D eigenvalue weighted by Gasteiger charge is 2.45. The van der Waals surface area contributed by atoms with Crippen LogP contribution in [0, 0.1) is 5.92 Å². The lowest BCUT2D eigenvalue weighted by atomic mass is 9.77. The lowest BCUT2D eigenvalue weighted by Gasteiger charge is -2.51. The summed E-state index contributed by atoms with van der Waals surface area (Å²) >= 11 is 0. The standard InChI is InChI=1S/C24H38N2O3S/c1-3-5-6-7-15-29-21-10-11-22-19(16-21)12-14-25-18-20-9-8-13-26(30(27,28)4-2)23(20)17-24(22)25/h10-11,16,20,23-24H,3-9,12-15,17-18H2,1-2H3/t20-,23+,24+/m1/s1. The third-order valence-corrected chi connectivity index (χ3v) is 9.27. The third kappa shape index (κ3) is 4.56. The van der Waals surface area contributed by atoms with Crippen LogP contribution in [0.25, 0.3) is 0 Å². The summed E-state index contributed by atoms with van der Waals surface area (Å²) in [5, 5.41) is 0. The maximum Gasteiger partial charge on any atom is 0.214 e. The van der Waals surface area contributed by atoms with Gasteiger partial charge in [-0.25, -0.2) is 8.42 Å². The van der Waals surface area contributed by atoms with Gasteiger partial charge in [0, 0.05) is 31.7 Å². The van der Waals surface area contributed by atoms with E-state index in [1.807, 2.05) is 4.31 Å². The minimum atomic E-state index is -3.14. The van der Waals surface area contributed by atoms with E-state index in [9.17, 15) is 8.42 Å². The van der Waals surface area contributed by atoms with Crippen molar-refractivity contribution in [2.24, 2.45) is 5.92 Å². The normalized spacial score (nSPS) is 27.2. The summed E-state index contributed by atoms with van der Waals surface area (Å²) in [4.78, 5) is 2.61. The van der Waals surface area contributed by atoms with Crippen molar-refractivity contribution in [2.75, 3.05) is 32.0 Å². The maximum absolute atomic E-state index is 12.7. The quantitative estimate of drug-likeness (QED) is 0.570. The molecule has 3 heterocycles. The van der Waals surface area contributed by atoms with Gasteiger partial charge in [0.15, 0.2) is 0 Å². The molecule has 3 aliphatic rings. The number of sulfonamides is 1. The van der Waals surface area contributed by atoms with Crippen molar-refractivity contribution in [2.45, 2.75) is 77.3 Å². The van der Waals surface area contributed by atoms with Crippen LogP contribution in [0.3, 0.4) is 0 Å². The molecular weight excluding hydrogens is 396 g/mol. The Morgan fingerprint density at radius 3 is 2.80 bits per heavy atom. The molecular formula is C24H38N2O3S. The van der Waals surface area contributed by atoms with Gasteiger partial charge in [-0.05, 0) is 68.2 Å². The minimum absolute atomic E-state index is 0.158. The van der Waals surface area contributed by atoms with Crippen molar-refractivity contribution in [1.82, 2.24) is 9.21 Å². The summed E-state index contributed by atoms with van der Waals surface area (Å²) in [6, 6.07) is 7.09. The van der Waals surface area contributed by atoms with Crippen LogP contribution >= 0.6 is 0 Å². The molecule has 1 aromatic rings. The van der Waals surface area contributed by atoms with E-state index in [0.29, 0.717) is 18.5 Å². The number of hydrogen-bond acceptors (Lipinski definition) is 4. The Bertz CT molecular complexity index is 826. The van der Waals surface area contributed by atoms with E-state index in [4.69, 9.17) is 4.74 Å². The van der Waals surface area contributed by atoms with Crippen molar-refractivity contribution in [3.05, 3.63) is 29.3 Å². The molecule has 0 saturated carbocycles. The van der Waals surface area contributed by atoms with Crippen LogP contribution in [0.15, 0.2) is 18.2 Å². The van der Waals surface area contributed by atoms with Crippen molar-refractivity contribution >= 4 is 10.0 Å². The van der Waals surface area contributed by atoms with Gasteiger partial charge in [0.2, 0.25) is 10.0 Å². The zero-order valence-corrected chi connectivity index (χ0v) is 19.5. The molecule has 168 valence electrons. The average molecular weight is 435 g/mol. The Balaban J connectivity index is 1.48. The molecule has 0 N–H and O–H groups in total. The molecule has 5 nitrogen and oxygen atoms in total. The molecule has 0 unspecified atom stereocenters. The fourth-order valence-corrected chi connectivity index (χ4v) is 7.12. The van der Waals surface area contributed by atoms with Crippen LogP contribution in [0.2, 0.25) is 0 Å². The number of fused-ring (bicyclic) bond motifs is 4. The van der Waals surface area contributed by atoms with Crippen molar-refractivity contribution in [1.29, 1.82) is 0 Å². The fourth-order valence-electron chi connectivity index (χ4n) is 5.71.